The molecule has 1 N–H and O–H groups in total. The van der Waals surface area contributed by atoms with Crippen molar-refractivity contribution >= 4 is 12.1 Å². The third-order valence-corrected chi connectivity index (χ3v) is 3.42. The molecule has 0 saturated carbocycles. The number of rotatable bonds is 6. The van der Waals surface area contributed by atoms with Crippen LogP contribution in [-0.4, -0.2) is 17.1 Å². The predicted molar refractivity (Wildman–Crippen MR) is 96.5 cm³/mol. The predicted octanol–water partition coefficient (Wildman–Crippen LogP) is 3.42. The second-order valence-corrected chi connectivity index (χ2v) is 5.22. The van der Waals surface area contributed by atoms with Crippen LogP contribution < -0.4 is 10.2 Å². The highest BCUT2D eigenvalue weighted by atomic mass is 16.5. The number of hydrogen-bond acceptors (Lipinski definition) is 4. The summed E-state index contributed by atoms with van der Waals surface area (Å²) in [6, 6.07) is 22.3. The van der Waals surface area contributed by atoms with E-state index in [0.29, 0.717) is 23.6 Å². The maximum atomic E-state index is 12.3. The van der Waals surface area contributed by atoms with Crippen LogP contribution in [0.15, 0.2) is 84.1 Å². The summed E-state index contributed by atoms with van der Waals surface area (Å²) in [4.78, 5) is 16.4. The summed E-state index contributed by atoms with van der Waals surface area (Å²) >= 11 is 0. The topological polar surface area (TPSA) is 63.6 Å². The van der Waals surface area contributed by atoms with E-state index >= 15 is 0 Å². The Kier molecular flexibility index (Phi) is 5.51. The number of ether oxygens (including phenoxy) is 1. The summed E-state index contributed by atoms with van der Waals surface area (Å²) in [7, 11) is 0. The molecule has 5 heteroatoms. The molecule has 0 aliphatic heterocycles. The number of amides is 1. The van der Waals surface area contributed by atoms with Crippen LogP contribution >= 0.6 is 0 Å². The molecule has 3 rings (SSSR count). The van der Waals surface area contributed by atoms with Crippen LogP contribution in [0.1, 0.15) is 21.6 Å². The standard InChI is InChI=1S/C20H17N3O2/c24-20(23-22-14-17-10-6-7-13-21-17)18-11-4-5-12-19(18)25-15-16-8-2-1-3-9-16/h1-14H,15H2,(H,23,24). The van der Waals surface area contributed by atoms with Crippen LogP contribution in [0.3, 0.4) is 0 Å². The minimum absolute atomic E-state index is 0.337. The number of pyridine rings is 1. The number of hydrazone groups is 1. The molecule has 5 nitrogen and oxygen atoms in total. The van der Waals surface area contributed by atoms with E-state index < -0.39 is 0 Å². The number of benzene rings is 2. The van der Waals surface area contributed by atoms with Gasteiger partial charge in [-0.1, -0.05) is 48.5 Å². The monoisotopic (exact) mass is 331 g/mol. The summed E-state index contributed by atoms with van der Waals surface area (Å²) in [5, 5.41) is 3.93. The largest absolute Gasteiger partial charge is 0.488 e. The Balaban J connectivity index is 1.65. The lowest BCUT2D eigenvalue weighted by Crippen LogP contribution is -2.18. The molecule has 25 heavy (non-hydrogen) atoms. The fourth-order valence-electron chi connectivity index (χ4n) is 2.19. The SMILES string of the molecule is O=C(NN=Cc1ccccn1)c1ccccc1OCc1ccccc1. The third kappa shape index (κ3) is 4.75. The van der Waals surface area contributed by atoms with Crippen molar-refractivity contribution in [3.05, 3.63) is 95.8 Å². The average molecular weight is 331 g/mol. The molecular formula is C20H17N3O2. The molecule has 0 aliphatic carbocycles. The molecule has 0 aliphatic rings. The van der Waals surface area contributed by atoms with Crippen LogP contribution in [0.2, 0.25) is 0 Å². The Morgan fingerprint density at radius 1 is 1.00 bits per heavy atom. The van der Waals surface area contributed by atoms with Crippen molar-refractivity contribution in [2.75, 3.05) is 0 Å². The van der Waals surface area contributed by atoms with Gasteiger partial charge in [0, 0.05) is 6.20 Å². The summed E-state index contributed by atoms with van der Waals surface area (Å²) in [5.74, 6) is 0.174. The molecule has 1 heterocycles. The van der Waals surface area contributed by atoms with Gasteiger partial charge in [-0.3, -0.25) is 9.78 Å². The Morgan fingerprint density at radius 2 is 1.76 bits per heavy atom. The van der Waals surface area contributed by atoms with Crippen LogP contribution in [0.4, 0.5) is 0 Å². The lowest BCUT2D eigenvalue weighted by atomic mass is 10.2. The maximum Gasteiger partial charge on any atom is 0.275 e. The van der Waals surface area contributed by atoms with E-state index in [1.165, 1.54) is 6.21 Å². The van der Waals surface area contributed by atoms with Gasteiger partial charge in [-0.05, 0) is 29.8 Å². The van der Waals surface area contributed by atoms with Crippen molar-refractivity contribution < 1.29 is 9.53 Å². The van der Waals surface area contributed by atoms with Crippen molar-refractivity contribution in [2.24, 2.45) is 5.10 Å². The maximum absolute atomic E-state index is 12.3. The molecule has 124 valence electrons. The van der Waals surface area contributed by atoms with Gasteiger partial charge in [-0.2, -0.15) is 5.10 Å². The van der Waals surface area contributed by atoms with Crippen molar-refractivity contribution in [2.45, 2.75) is 6.61 Å². The Hall–Kier alpha value is -3.47. The Labute approximate surface area is 146 Å². The molecular weight excluding hydrogens is 314 g/mol. The number of carbonyl (C=O) groups excluding carboxylic acids is 1. The summed E-state index contributed by atoms with van der Waals surface area (Å²) in [6.07, 6.45) is 3.15. The van der Waals surface area contributed by atoms with Gasteiger partial charge in [0.2, 0.25) is 0 Å². The highest BCUT2D eigenvalue weighted by Crippen LogP contribution is 2.19. The molecule has 1 aromatic heterocycles. The number of nitrogens with zero attached hydrogens (tertiary/aromatic N) is 2. The van der Waals surface area contributed by atoms with E-state index in [1.807, 2.05) is 48.5 Å². The number of hydrogen-bond donors (Lipinski definition) is 1. The molecule has 0 fully saturated rings. The number of para-hydroxylation sites is 1. The van der Waals surface area contributed by atoms with Gasteiger partial charge in [-0.15, -0.1) is 0 Å². The lowest BCUT2D eigenvalue weighted by molar-refractivity contribution is 0.0950. The molecule has 0 unspecified atom stereocenters. The van der Waals surface area contributed by atoms with E-state index in [2.05, 4.69) is 15.5 Å². The zero-order valence-electron chi connectivity index (χ0n) is 13.5. The first-order valence-electron chi connectivity index (χ1n) is 7.83. The van der Waals surface area contributed by atoms with Gasteiger partial charge in [0.05, 0.1) is 17.5 Å². The second-order valence-electron chi connectivity index (χ2n) is 5.22. The smallest absolute Gasteiger partial charge is 0.275 e. The number of carbonyl (C=O) groups is 1. The van der Waals surface area contributed by atoms with Gasteiger partial charge in [0.1, 0.15) is 12.4 Å². The summed E-state index contributed by atoms with van der Waals surface area (Å²) in [6.45, 7) is 0.391. The van der Waals surface area contributed by atoms with Gasteiger partial charge < -0.3 is 4.74 Å². The quantitative estimate of drug-likeness (QED) is 0.556. The molecule has 0 spiro atoms. The first kappa shape index (κ1) is 16.4. The molecule has 2 aromatic carbocycles. The molecule has 0 atom stereocenters. The van der Waals surface area contributed by atoms with Gasteiger partial charge in [-0.25, -0.2) is 5.43 Å². The van der Waals surface area contributed by atoms with E-state index in [1.54, 1.807) is 30.5 Å². The fraction of sp³-hybridized carbons (Fsp3) is 0.0500. The highest BCUT2D eigenvalue weighted by Gasteiger charge is 2.11. The van der Waals surface area contributed by atoms with Crippen LogP contribution in [0.5, 0.6) is 5.75 Å². The Bertz CT molecular complexity index is 849. The summed E-state index contributed by atoms with van der Waals surface area (Å²) < 4.78 is 5.78. The van der Waals surface area contributed by atoms with Gasteiger partial charge >= 0.3 is 0 Å². The first-order chi connectivity index (χ1) is 12.3. The molecule has 1 amide bonds. The molecule has 0 radical (unpaired) electrons. The minimum atomic E-state index is -0.337. The van der Waals surface area contributed by atoms with Gasteiger partial charge in [0.15, 0.2) is 0 Å². The zero-order valence-corrected chi connectivity index (χ0v) is 13.5. The lowest BCUT2D eigenvalue weighted by Gasteiger charge is -2.10. The number of nitrogens with one attached hydrogen (secondary N) is 1. The second kappa shape index (κ2) is 8.40. The third-order valence-electron chi connectivity index (χ3n) is 3.42. The van der Waals surface area contributed by atoms with Gasteiger partial charge in [0.25, 0.3) is 5.91 Å². The normalized spacial score (nSPS) is 10.6. The van der Waals surface area contributed by atoms with E-state index in [-0.39, 0.29) is 5.91 Å². The average Bonchev–Trinajstić information content (AvgIpc) is 2.68. The molecule has 0 bridgehead atoms. The van der Waals surface area contributed by atoms with Crippen molar-refractivity contribution in [1.29, 1.82) is 0 Å². The molecule has 0 saturated heterocycles. The highest BCUT2D eigenvalue weighted by molar-refractivity contribution is 5.97. The minimum Gasteiger partial charge on any atom is -0.488 e. The Morgan fingerprint density at radius 3 is 2.56 bits per heavy atom. The zero-order chi connectivity index (χ0) is 17.3. The van der Waals surface area contributed by atoms with Crippen molar-refractivity contribution in [3.8, 4) is 5.75 Å². The van der Waals surface area contributed by atoms with Crippen LogP contribution in [0.25, 0.3) is 0 Å². The van der Waals surface area contributed by atoms with Crippen LogP contribution in [-0.2, 0) is 6.61 Å². The summed E-state index contributed by atoms with van der Waals surface area (Å²) in [5.41, 5.74) is 4.62. The fourth-order valence-corrected chi connectivity index (χ4v) is 2.19. The van der Waals surface area contributed by atoms with Crippen LogP contribution in [0, 0.1) is 0 Å². The van der Waals surface area contributed by atoms with Crippen molar-refractivity contribution in [3.63, 3.8) is 0 Å². The molecule has 3 aromatic rings. The van der Waals surface area contributed by atoms with Crippen molar-refractivity contribution in [1.82, 2.24) is 10.4 Å². The van der Waals surface area contributed by atoms with E-state index in [0.717, 1.165) is 5.56 Å². The van der Waals surface area contributed by atoms with E-state index in [4.69, 9.17) is 4.74 Å². The van der Waals surface area contributed by atoms with E-state index in [9.17, 15) is 4.79 Å². The number of aromatic nitrogens is 1. The first-order valence-corrected chi connectivity index (χ1v) is 7.83.